The first-order valence-corrected chi connectivity index (χ1v) is 9.04. The highest BCUT2D eigenvalue weighted by Crippen LogP contribution is 2.32. The second-order valence-corrected chi connectivity index (χ2v) is 6.35. The predicted octanol–water partition coefficient (Wildman–Crippen LogP) is 2.33. The van der Waals surface area contributed by atoms with Crippen molar-refractivity contribution in [3.05, 3.63) is 65.0 Å². The summed E-state index contributed by atoms with van der Waals surface area (Å²) in [4.78, 5) is 24.6. The van der Waals surface area contributed by atoms with Crippen LogP contribution in [0.4, 0.5) is 5.69 Å². The van der Waals surface area contributed by atoms with E-state index in [0.717, 1.165) is 10.2 Å². The van der Waals surface area contributed by atoms with E-state index in [0.29, 0.717) is 41.8 Å². The topological polar surface area (TPSA) is 91.7 Å². The zero-order valence-corrected chi connectivity index (χ0v) is 15.8. The first-order chi connectivity index (χ1) is 14.1. The predicted molar refractivity (Wildman–Crippen MR) is 107 cm³/mol. The van der Waals surface area contributed by atoms with E-state index in [4.69, 9.17) is 14.2 Å². The molecule has 3 aromatic rings. The fourth-order valence-corrected chi connectivity index (χ4v) is 2.96. The van der Waals surface area contributed by atoms with Gasteiger partial charge in [0.25, 0.3) is 5.56 Å². The van der Waals surface area contributed by atoms with Gasteiger partial charge in [-0.1, -0.05) is 12.1 Å². The molecule has 0 spiro atoms. The van der Waals surface area contributed by atoms with E-state index in [-0.39, 0.29) is 18.0 Å². The van der Waals surface area contributed by atoms with Crippen molar-refractivity contribution in [2.24, 2.45) is 0 Å². The fraction of sp³-hybridized carbons (Fsp3) is 0.190. The molecule has 1 amide bonds. The SMILES string of the molecule is COc1cccc(-c2ccc(=O)n(CC(=O)Nc3ccc4c(c3)OCCO4)n2)c1. The molecule has 2 heterocycles. The highest BCUT2D eigenvalue weighted by atomic mass is 16.6. The van der Waals surface area contributed by atoms with Crippen LogP contribution in [0.1, 0.15) is 0 Å². The van der Waals surface area contributed by atoms with Crippen molar-refractivity contribution in [1.29, 1.82) is 0 Å². The van der Waals surface area contributed by atoms with E-state index in [1.807, 2.05) is 24.3 Å². The summed E-state index contributed by atoms with van der Waals surface area (Å²) in [6.07, 6.45) is 0. The van der Waals surface area contributed by atoms with E-state index < -0.39 is 0 Å². The minimum Gasteiger partial charge on any atom is -0.497 e. The minimum atomic E-state index is -0.376. The first-order valence-electron chi connectivity index (χ1n) is 9.04. The third kappa shape index (κ3) is 4.21. The van der Waals surface area contributed by atoms with E-state index in [1.54, 1.807) is 31.4 Å². The Morgan fingerprint density at radius 2 is 1.93 bits per heavy atom. The number of anilines is 1. The normalized spacial score (nSPS) is 12.3. The second kappa shape index (κ2) is 8.05. The van der Waals surface area contributed by atoms with Crippen LogP contribution in [0.3, 0.4) is 0 Å². The summed E-state index contributed by atoms with van der Waals surface area (Å²) in [5.41, 5.74) is 1.53. The molecule has 148 valence electrons. The van der Waals surface area contributed by atoms with Crippen molar-refractivity contribution in [3.63, 3.8) is 0 Å². The van der Waals surface area contributed by atoms with Gasteiger partial charge in [0.15, 0.2) is 11.5 Å². The molecule has 8 heteroatoms. The number of hydrogen-bond donors (Lipinski definition) is 1. The lowest BCUT2D eigenvalue weighted by Crippen LogP contribution is -2.29. The lowest BCUT2D eigenvalue weighted by molar-refractivity contribution is -0.117. The molecule has 1 aromatic heterocycles. The van der Waals surface area contributed by atoms with Crippen LogP contribution in [0.5, 0.6) is 17.2 Å². The number of amides is 1. The molecule has 1 N–H and O–H groups in total. The molecule has 29 heavy (non-hydrogen) atoms. The summed E-state index contributed by atoms with van der Waals surface area (Å²) in [5.74, 6) is 1.51. The van der Waals surface area contributed by atoms with Gasteiger partial charge in [0, 0.05) is 23.4 Å². The number of methoxy groups -OCH3 is 1. The number of nitrogens with one attached hydrogen (secondary N) is 1. The number of rotatable bonds is 5. The number of carbonyl (C=O) groups is 1. The molecule has 8 nitrogen and oxygen atoms in total. The second-order valence-electron chi connectivity index (χ2n) is 6.35. The summed E-state index contributed by atoms with van der Waals surface area (Å²) in [5, 5.41) is 7.06. The highest BCUT2D eigenvalue weighted by molar-refractivity contribution is 5.90. The monoisotopic (exact) mass is 393 g/mol. The zero-order chi connectivity index (χ0) is 20.2. The molecule has 4 rings (SSSR count). The van der Waals surface area contributed by atoms with Gasteiger partial charge in [-0.3, -0.25) is 9.59 Å². The third-order valence-electron chi connectivity index (χ3n) is 4.35. The van der Waals surface area contributed by atoms with Crippen LogP contribution in [0.15, 0.2) is 59.4 Å². The maximum Gasteiger partial charge on any atom is 0.267 e. The van der Waals surface area contributed by atoms with Gasteiger partial charge >= 0.3 is 0 Å². The summed E-state index contributed by atoms with van der Waals surface area (Å²) >= 11 is 0. The number of ether oxygens (including phenoxy) is 3. The lowest BCUT2D eigenvalue weighted by atomic mass is 10.1. The summed E-state index contributed by atoms with van der Waals surface area (Å²) in [7, 11) is 1.58. The van der Waals surface area contributed by atoms with Gasteiger partial charge < -0.3 is 19.5 Å². The Morgan fingerprint density at radius 3 is 2.76 bits per heavy atom. The van der Waals surface area contributed by atoms with Gasteiger partial charge in [-0.15, -0.1) is 0 Å². The minimum absolute atomic E-state index is 0.217. The van der Waals surface area contributed by atoms with Crippen molar-refractivity contribution in [3.8, 4) is 28.5 Å². The summed E-state index contributed by atoms with van der Waals surface area (Å²) in [6, 6.07) is 15.5. The Bertz CT molecular complexity index is 1110. The highest BCUT2D eigenvalue weighted by Gasteiger charge is 2.14. The molecule has 0 saturated heterocycles. The molecule has 2 aromatic carbocycles. The molecule has 1 aliphatic rings. The number of nitrogens with zero attached hydrogens (tertiary/aromatic N) is 2. The van der Waals surface area contributed by atoms with Gasteiger partial charge in [-0.2, -0.15) is 5.10 Å². The van der Waals surface area contributed by atoms with E-state index in [9.17, 15) is 9.59 Å². The van der Waals surface area contributed by atoms with E-state index in [1.165, 1.54) is 6.07 Å². The van der Waals surface area contributed by atoms with Gasteiger partial charge in [0.2, 0.25) is 5.91 Å². The Balaban J connectivity index is 1.51. The molecule has 0 radical (unpaired) electrons. The quantitative estimate of drug-likeness (QED) is 0.715. The van der Waals surface area contributed by atoms with Crippen LogP contribution in [-0.4, -0.2) is 36.0 Å². The Kier molecular flexibility index (Phi) is 5.15. The van der Waals surface area contributed by atoms with Crippen molar-refractivity contribution < 1.29 is 19.0 Å². The Morgan fingerprint density at radius 1 is 1.10 bits per heavy atom. The van der Waals surface area contributed by atoms with Crippen LogP contribution >= 0.6 is 0 Å². The van der Waals surface area contributed by atoms with Crippen molar-refractivity contribution in [1.82, 2.24) is 9.78 Å². The molecule has 0 atom stereocenters. The average molecular weight is 393 g/mol. The third-order valence-corrected chi connectivity index (χ3v) is 4.35. The number of carbonyl (C=O) groups excluding carboxylic acids is 1. The molecule has 0 unspecified atom stereocenters. The molecule has 0 fully saturated rings. The molecular weight excluding hydrogens is 374 g/mol. The van der Waals surface area contributed by atoms with Gasteiger partial charge in [-0.25, -0.2) is 4.68 Å². The number of hydrogen-bond acceptors (Lipinski definition) is 6. The average Bonchev–Trinajstić information content (AvgIpc) is 2.75. The largest absolute Gasteiger partial charge is 0.497 e. The maximum atomic E-state index is 12.4. The van der Waals surface area contributed by atoms with Gasteiger partial charge in [0.05, 0.1) is 12.8 Å². The smallest absolute Gasteiger partial charge is 0.267 e. The number of aromatic nitrogens is 2. The Hall–Kier alpha value is -3.81. The van der Waals surface area contributed by atoms with Crippen molar-refractivity contribution >= 4 is 11.6 Å². The maximum absolute atomic E-state index is 12.4. The molecular formula is C21H19N3O5. The standard InChI is InChI=1S/C21H19N3O5/c1-27-16-4-2-3-14(11-16)17-6-8-21(26)24(23-17)13-20(25)22-15-5-7-18-19(12-15)29-10-9-28-18/h2-8,11-12H,9-10,13H2,1H3,(H,22,25). The molecule has 0 aliphatic carbocycles. The van der Waals surface area contributed by atoms with Crippen LogP contribution in [-0.2, 0) is 11.3 Å². The lowest BCUT2D eigenvalue weighted by Gasteiger charge is -2.19. The van der Waals surface area contributed by atoms with Crippen LogP contribution in [0.25, 0.3) is 11.3 Å². The fourth-order valence-electron chi connectivity index (χ4n) is 2.96. The van der Waals surface area contributed by atoms with Crippen LogP contribution in [0.2, 0.25) is 0 Å². The Labute approximate surface area is 166 Å². The van der Waals surface area contributed by atoms with E-state index >= 15 is 0 Å². The zero-order valence-electron chi connectivity index (χ0n) is 15.8. The summed E-state index contributed by atoms with van der Waals surface area (Å²) < 4.78 is 17.3. The molecule has 0 saturated carbocycles. The number of fused-ring (bicyclic) bond motifs is 1. The summed E-state index contributed by atoms with van der Waals surface area (Å²) in [6.45, 7) is 0.739. The van der Waals surface area contributed by atoms with Crippen LogP contribution < -0.4 is 25.1 Å². The molecule has 0 bridgehead atoms. The van der Waals surface area contributed by atoms with Gasteiger partial charge in [0.1, 0.15) is 25.5 Å². The van der Waals surface area contributed by atoms with Crippen LogP contribution in [0, 0.1) is 0 Å². The molecule has 1 aliphatic heterocycles. The van der Waals surface area contributed by atoms with E-state index in [2.05, 4.69) is 10.4 Å². The van der Waals surface area contributed by atoms with Crippen molar-refractivity contribution in [2.45, 2.75) is 6.54 Å². The van der Waals surface area contributed by atoms with Gasteiger partial charge in [-0.05, 0) is 30.3 Å². The number of benzene rings is 2. The first kappa shape index (κ1) is 18.5. The van der Waals surface area contributed by atoms with Crippen molar-refractivity contribution in [2.75, 3.05) is 25.6 Å².